The van der Waals surface area contributed by atoms with Crippen LogP contribution in [0, 0.1) is 5.92 Å². The Balaban J connectivity index is 2.23. The molecule has 1 aliphatic rings. The number of hydrogen-bond donors (Lipinski definition) is 0. The highest BCUT2D eigenvalue weighted by molar-refractivity contribution is 6.07. The van der Waals surface area contributed by atoms with Gasteiger partial charge in [0, 0.05) is 11.5 Å². The van der Waals surface area contributed by atoms with Gasteiger partial charge >= 0.3 is 0 Å². The van der Waals surface area contributed by atoms with Crippen LogP contribution in [0.1, 0.15) is 90.9 Å². The topological polar surface area (TPSA) is 17.1 Å². The predicted octanol–water partition coefficient (Wildman–Crippen LogP) is 6.39. The van der Waals surface area contributed by atoms with E-state index in [9.17, 15) is 4.79 Å². The molecule has 1 heteroatoms. The lowest BCUT2D eigenvalue weighted by atomic mass is 9.94. The molecule has 0 aromatic rings. The van der Waals surface area contributed by atoms with E-state index in [0.29, 0.717) is 5.92 Å². The van der Waals surface area contributed by atoms with E-state index in [2.05, 4.69) is 26.0 Å². The second-order valence-corrected chi connectivity index (χ2v) is 6.40. The molecule has 21 heavy (non-hydrogen) atoms. The van der Waals surface area contributed by atoms with Gasteiger partial charge in [-0.15, -0.1) is 0 Å². The first-order chi connectivity index (χ1) is 10.3. The van der Waals surface area contributed by atoms with E-state index in [1.54, 1.807) is 6.08 Å². The van der Waals surface area contributed by atoms with Gasteiger partial charge in [-0.3, -0.25) is 4.79 Å². The van der Waals surface area contributed by atoms with Crippen molar-refractivity contribution in [3.05, 3.63) is 23.8 Å². The van der Waals surface area contributed by atoms with E-state index >= 15 is 0 Å². The molecule has 0 heterocycles. The summed E-state index contributed by atoms with van der Waals surface area (Å²) < 4.78 is 0. The van der Waals surface area contributed by atoms with Crippen LogP contribution in [-0.4, -0.2) is 5.78 Å². The van der Waals surface area contributed by atoms with Gasteiger partial charge in [-0.2, -0.15) is 0 Å². The van der Waals surface area contributed by atoms with E-state index in [1.165, 1.54) is 64.2 Å². The molecule has 1 atom stereocenters. The average molecular weight is 290 g/mol. The molecule has 1 rings (SSSR count). The molecule has 0 amide bonds. The summed E-state index contributed by atoms with van der Waals surface area (Å²) in [5, 5.41) is 0. The molecule has 0 aromatic carbocycles. The first kappa shape index (κ1) is 18.2. The lowest BCUT2D eigenvalue weighted by Crippen LogP contribution is -2.03. The molecule has 0 fully saturated rings. The van der Waals surface area contributed by atoms with Crippen molar-refractivity contribution in [3.8, 4) is 0 Å². The highest BCUT2D eigenvalue weighted by atomic mass is 16.1. The van der Waals surface area contributed by atoms with Crippen molar-refractivity contribution >= 4 is 5.78 Å². The predicted molar refractivity (Wildman–Crippen MR) is 92.5 cm³/mol. The van der Waals surface area contributed by atoms with E-state index in [-0.39, 0.29) is 5.78 Å². The molecular weight excluding hydrogens is 256 g/mol. The minimum atomic E-state index is 0.265. The molecule has 0 saturated carbocycles. The maximum Gasteiger partial charge on any atom is 0.181 e. The molecule has 0 N–H and O–H groups in total. The van der Waals surface area contributed by atoms with Crippen molar-refractivity contribution in [1.29, 1.82) is 0 Å². The number of carbonyl (C=O) groups excluding carboxylic acids is 1. The summed E-state index contributed by atoms with van der Waals surface area (Å²) >= 11 is 0. The van der Waals surface area contributed by atoms with Gasteiger partial charge in [-0.25, -0.2) is 0 Å². The third kappa shape index (κ3) is 7.64. The first-order valence-corrected chi connectivity index (χ1v) is 9.22. The Bertz CT molecular complexity index is 338. The Kier molecular flexibility index (Phi) is 10.2. The Morgan fingerprint density at radius 1 is 0.905 bits per heavy atom. The molecule has 0 saturated heterocycles. The molecule has 1 aliphatic carbocycles. The molecule has 1 unspecified atom stereocenters. The molecule has 0 radical (unpaired) electrons. The molecule has 0 aliphatic heterocycles. The second-order valence-electron chi connectivity index (χ2n) is 6.40. The Hall–Kier alpha value is -0.850. The Morgan fingerprint density at radius 2 is 1.52 bits per heavy atom. The van der Waals surface area contributed by atoms with Crippen LogP contribution in [0.2, 0.25) is 0 Å². The van der Waals surface area contributed by atoms with Gasteiger partial charge in [-0.05, 0) is 25.3 Å². The summed E-state index contributed by atoms with van der Waals surface area (Å²) in [5.74, 6) is 0.677. The SMILES string of the molecule is CCCCCCC=C1C(=O)C=CC1CCCCCCCC. The van der Waals surface area contributed by atoms with Crippen LogP contribution in [0.15, 0.2) is 23.8 Å². The third-order valence-corrected chi connectivity index (χ3v) is 4.45. The number of hydrogen-bond acceptors (Lipinski definition) is 1. The minimum absolute atomic E-state index is 0.265. The summed E-state index contributed by atoms with van der Waals surface area (Å²) in [6.07, 6.45) is 21.5. The highest BCUT2D eigenvalue weighted by Gasteiger charge is 2.21. The summed E-state index contributed by atoms with van der Waals surface area (Å²) in [6, 6.07) is 0. The fourth-order valence-corrected chi connectivity index (χ4v) is 3.06. The van der Waals surface area contributed by atoms with Crippen molar-refractivity contribution in [1.82, 2.24) is 0 Å². The largest absolute Gasteiger partial charge is 0.290 e. The molecule has 120 valence electrons. The van der Waals surface area contributed by atoms with Crippen molar-refractivity contribution in [2.45, 2.75) is 90.9 Å². The van der Waals surface area contributed by atoms with Gasteiger partial charge in [0.1, 0.15) is 0 Å². The molecule has 0 aromatic heterocycles. The summed E-state index contributed by atoms with van der Waals surface area (Å²) in [7, 11) is 0. The van der Waals surface area contributed by atoms with Crippen molar-refractivity contribution in [2.75, 3.05) is 0 Å². The van der Waals surface area contributed by atoms with E-state index in [4.69, 9.17) is 0 Å². The van der Waals surface area contributed by atoms with Crippen LogP contribution in [0.5, 0.6) is 0 Å². The van der Waals surface area contributed by atoms with Crippen LogP contribution < -0.4 is 0 Å². The fourth-order valence-electron chi connectivity index (χ4n) is 3.06. The van der Waals surface area contributed by atoms with Crippen molar-refractivity contribution in [3.63, 3.8) is 0 Å². The highest BCUT2D eigenvalue weighted by Crippen LogP contribution is 2.27. The molecule has 1 nitrogen and oxygen atoms in total. The van der Waals surface area contributed by atoms with Gasteiger partial charge in [-0.1, -0.05) is 83.8 Å². The molecule has 0 spiro atoms. The van der Waals surface area contributed by atoms with Gasteiger partial charge in [0.2, 0.25) is 0 Å². The monoisotopic (exact) mass is 290 g/mol. The fraction of sp³-hybridized carbons (Fsp3) is 0.750. The van der Waals surface area contributed by atoms with Crippen LogP contribution in [0.4, 0.5) is 0 Å². The van der Waals surface area contributed by atoms with Crippen LogP contribution in [0.25, 0.3) is 0 Å². The lowest BCUT2D eigenvalue weighted by molar-refractivity contribution is -0.111. The average Bonchev–Trinajstić information content (AvgIpc) is 2.83. The second kappa shape index (κ2) is 11.8. The number of rotatable bonds is 12. The Labute approximate surface area is 131 Å². The van der Waals surface area contributed by atoms with Crippen molar-refractivity contribution < 1.29 is 4.79 Å². The van der Waals surface area contributed by atoms with Crippen LogP contribution in [-0.2, 0) is 4.79 Å². The smallest absolute Gasteiger partial charge is 0.181 e. The summed E-state index contributed by atoms with van der Waals surface area (Å²) in [6.45, 7) is 4.49. The van der Waals surface area contributed by atoms with Gasteiger partial charge in [0.15, 0.2) is 5.78 Å². The zero-order valence-corrected chi connectivity index (χ0v) is 14.2. The normalized spacial score (nSPS) is 19.8. The zero-order chi connectivity index (χ0) is 15.3. The summed E-state index contributed by atoms with van der Waals surface area (Å²) in [5.41, 5.74) is 1.08. The van der Waals surface area contributed by atoms with E-state index in [0.717, 1.165) is 18.4 Å². The number of ketones is 1. The maximum absolute atomic E-state index is 11.9. The van der Waals surface area contributed by atoms with Gasteiger partial charge in [0.25, 0.3) is 0 Å². The minimum Gasteiger partial charge on any atom is -0.290 e. The summed E-state index contributed by atoms with van der Waals surface area (Å²) in [4.78, 5) is 11.9. The first-order valence-electron chi connectivity index (χ1n) is 9.22. The van der Waals surface area contributed by atoms with Crippen LogP contribution >= 0.6 is 0 Å². The third-order valence-electron chi connectivity index (χ3n) is 4.45. The maximum atomic E-state index is 11.9. The molecule has 0 bridgehead atoms. The lowest BCUT2D eigenvalue weighted by Gasteiger charge is -2.10. The van der Waals surface area contributed by atoms with Gasteiger partial charge < -0.3 is 0 Å². The number of carbonyl (C=O) groups is 1. The number of unbranched alkanes of at least 4 members (excludes halogenated alkanes) is 9. The Morgan fingerprint density at radius 3 is 2.24 bits per heavy atom. The number of allylic oxidation sites excluding steroid dienone is 4. The molecular formula is C20H34O. The van der Waals surface area contributed by atoms with E-state index in [1.807, 2.05) is 0 Å². The van der Waals surface area contributed by atoms with Crippen molar-refractivity contribution in [2.24, 2.45) is 5.92 Å². The quantitative estimate of drug-likeness (QED) is 0.301. The van der Waals surface area contributed by atoms with E-state index < -0.39 is 0 Å². The van der Waals surface area contributed by atoms with Crippen LogP contribution in [0.3, 0.4) is 0 Å². The van der Waals surface area contributed by atoms with Gasteiger partial charge in [0.05, 0.1) is 0 Å². The standard InChI is InChI=1S/C20H34O/c1-3-5-7-9-11-12-14-18-16-17-20(21)19(18)15-13-10-8-6-4-2/h15-18H,3-14H2,1-2H3. The zero-order valence-electron chi connectivity index (χ0n) is 14.2.